The molecule has 0 radical (unpaired) electrons. The molecule has 2 nitrogen and oxygen atoms in total. The molecule has 17 heavy (non-hydrogen) atoms. The van der Waals surface area contributed by atoms with Gasteiger partial charge in [0.2, 0.25) is 5.91 Å². The Kier molecular flexibility index (Phi) is 4.33. The average molecular weight is 233 g/mol. The Morgan fingerprint density at radius 3 is 2.47 bits per heavy atom. The summed E-state index contributed by atoms with van der Waals surface area (Å²) in [6.45, 7) is 8.64. The highest BCUT2D eigenvalue weighted by atomic mass is 16.1. The number of amides is 1. The van der Waals surface area contributed by atoms with Gasteiger partial charge in [-0.3, -0.25) is 4.79 Å². The molecule has 2 heteroatoms. The van der Waals surface area contributed by atoms with Gasteiger partial charge < -0.3 is 5.32 Å². The zero-order valence-corrected chi connectivity index (χ0v) is 11.5. The van der Waals surface area contributed by atoms with Gasteiger partial charge in [0.05, 0.1) is 0 Å². The van der Waals surface area contributed by atoms with Crippen LogP contribution < -0.4 is 5.32 Å². The third-order valence-corrected chi connectivity index (χ3v) is 3.16. The lowest BCUT2D eigenvalue weighted by Gasteiger charge is -2.31. The van der Waals surface area contributed by atoms with Gasteiger partial charge in [-0.05, 0) is 23.8 Å². The lowest BCUT2D eigenvalue weighted by molar-refractivity contribution is -0.121. The van der Waals surface area contributed by atoms with Gasteiger partial charge >= 0.3 is 0 Å². The third-order valence-electron chi connectivity index (χ3n) is 3.16. The van der Waals surface area contributed by atoms with Crippen molar-refractivity contribution < 1.29 is 4.79 Å². The molecule has 0 saturated carbocycles. The summed E-state index contributed by atoms with van der Waals surface area (Å²) >= 11 is 0. The molecule has 1 amide bonds. The third kappa shape index (κ3) is 3.88. The zero-order valence-electron chi connectivity index (χ0n) is 11.5. The second kappa shape index (κ2) is 5.35. The van der Waals surface area contributed by atoms with Crippen LogP contribution >= 0.6 is 0 Å². The van der Waals surface area contributed by atoms with Crippen LogP contribution in [0.3, 0.4) is 0 Å². The predicted molar refractivity (Wildman–Crippen MR) is 72.1 cm³/mol. The van der Waals surface area contributed by atoms with E-state index in [-0.39, 0.29) is 17.2 Å². The number of rotatable bonds is 3. The van der Waals surface area contributed by atoms with Crippen molar-refractivity contribution in [2.24, 2.45) is 5.41 Å². The largest absolute Gasteiger partial charge is 0.359 e. The molecule has 0 bridgehead atoms. The normalized spacial score (nSPS) is 13.2. The van der Waals surface area contributed by atoms with E-state index in [1.807, 2.05) is 0 Å². The number of carbonyl (C=O) groups is 1. The fourth-order valence-corrected chi connectivity index (χ4v) is 2.10. The molecule has 94 valence electrons. The molecule has 1 aromatic carbocycles. The summed E-state index contributed by atoms with van der Waals surface area (Å²) in [4.78, 5) is 11.6. The standard InChI is InChI=1S/C15H23NO/c1-11-7-6-8-12(9-11)13(15(2,3)4)10-14(17)16-5/h6-9,13H,10H2,1-5H3,(H,16,17). The van der Waals surface area contributed by atoms with Gasteiger partial charge in [0.25, 0.3) is 0 Å². The van der Waals surface area contributed by atoms with Crippen molar-refractivity contribution in [1.29, 1.82) is 0 Å². The van der Waals surface area contributed by atoms with Crippen LogP contribution in [0.15, 0.2) is 24.3 Å². The quantitative estimate of drug-likeness (QED) is 0.853. The van der Waals surface area contributed by atoms with Gasteiger partial charge in [0.15, 0.2) is 0 Å². The Hall–Kier alpha value is -1.31. The molecule has 0 aliphatic rings. The summed E-state index contributed by atoms with van der Waals surface area (Å²) in [6, 6.07) is 8.45. The summed E-state index contributed by atoms with van der Waals surface area (Å²) in [5.74, 6) is 0.355. The van der Waals surface area contributed by atoms with E-state index in [0.29, 0.717) is 6.42 Å². The molecule has 0 saturated heterocycles. The van der Waals surface area contributed by atoms with E-state index < -0.39 is 0 Å². The minimum atomic E-state index is 0.0836. The average Bonchev–Trinajstić information content (AvgIpc) is 2.23. The van der Waals surface area contributed by atoms with Crippen LogP contribution in [0.25, 0.3) is 0 Å². The zero-order chi connectivity index (χ0) is 13.1. The molecule has 1 N–H and O–H groups in total. The van der Waals surface area contributed by atoms with Crippen LogP contribution in [-0.4, -0.2) is 13.0 Å². The highest BCUT2D eigenvalue weighted by Gasteiger charge is 2.28. The first kappa shape index (κ1) is 13.8. The van der Waals surface area contributed by atoms with Crippen LogP contribution in [0.4, 0.5) is 0 Å². The first-order chi connectivity index (χ1) is 7.84. The monoisotopic (exact) mass is 233 g/mol. The molecule has 0 aliphatic carbocycles. The number of hydrogen-bond acceptors (Lipinski definition) is 1. The summed E-state index contributed by atoms with van der Waals surface area (Å²) in [5, 5.41) is 2.71. The Morgan fingerprint density at radius 1 is 1.35 bits per heavy atom. The Balaban J connectivity index is 3.02. The maximum Gasteiger partial charge on any atom is 0.220 e. The van der Waals surface area contributed by atoms with Gasteiger partial charge in [0, 0.05) is 13.5 Å². The number of hydrogen-bond donors (Lipinski definition) is 1. The van der Waals surface area contributed by atoms with E-state index in [9.17, 15) is 4.79 Å². The van der Waals surface area contributed by atoms with Crippen LogP contribution in [-0.2, 0) is 4.79 Å². The van der Waals surface area contributed by atoms with Crippen LogP contribution in [0, 0.1) is 12.3 Å². The van der Waals surface area contributed by atoms with E-state index in [4.69, 9.17) is 0 Å². The highest BCUT2D eigenvalue weighted by molar-refractivity contribution is 5.76. The van der Waals surface area contributed by atoms with E-state index in [0.717, 1.165) is 0 Å². The Bertz CT molecular complexity index is 390. The molecular formula is C15H23NO. The lowest BCUT2D eigenvalue weighted by Crippen LogP contribution is -2.27. The molecule has 1 aromatic rings. The summed E-state index contributed by atoms with van der Waals surface area (Å²) < 4.78 is 0. The summed E-state index contributed by atoms with van der Waals surface area (Å²) in [5.41, 5.74) is 2.58. The molecule has 1 unspecified atom stereocenters. The molecule has 1 rings (SSSR count). The molecule has 0 heterocycles. The van der Waals surface area contributed by atoms with Gasteiger partial charge in [-0.15, -0.1) is 0 Å². The van der Waals surface area contributed by atoms with E-state index >= 15 is 0 Å². The molecule has 0 fully saturated rings. The van der Waals surface area contributed by atoms with E-state index in [1.54, 1.807) is 7.05 Å². The SMILES string of the molecule is CNC(=O)CC(c1cccc(C)c1)C(C)(C)C. The second-order valence-electron chi connectivity index (χ2n) is 5.71. The van der Waals surface area contributed by atoms with Crippen molar-refractivity contribution in [1.82, 2.24) is 5.32 Å². The topological polar surface area (TPSA) is 29.1 Å². The van der Waals surface area contributed by atoms with Crippen molar-refractivity contribution in [3.8, 4) is 0 Å². The van der Waals surface area contributed by atoms with Crippen molar-refractivity contribution in [2.75, 3.05) is 7.05 Å². The predicted octanol–water partition coefficient (Wildman–Crippen LogP) is 3.26. The summed E-state index contributed by atoms with van der Waals surface area (Å²) in [7, 11) is 1.69. The van der Waals surface area contributed by atoms with Gasteiger partial charge in [-0.1, -0.05) is 50.6 Å². The smallest absolute Gasteiger partial charge is 0.220 e. The Morgan fingerprint density at radius 2 is 2.00 bits per heavy atom. The Labute approximate surface area is 104 Å². The molecule has 0 aromatic heterocycles. The lowest BCUT2D eigenvalue weighted by atomic mass is 9.74. The van der Waals surface area contributed by atoms with Crippen molar-refractivity contribution in [2.45, 2.75) is 40.0 Å². The van der Waals surface area contributed by atoms with Gasteiger partial charge in [0.1, 0.15) is 0 Å². The highest BCUT2D eigenvalue weighted by Crippen LogP contribution is 2.37. The number of benzene rings is 1. The molecule has 0 aliphatic heterocycles. The molecule has 1 atom stereocenters. The number of carbonyl (C=O) groups excluding carboxylic acids is 1. The minimum Gasteiger partial charge on any atom is -0.359 e. The maximum absolute atomic E-state index is 11.6. The first-order valence-corrected chi connectivity index (χ1v) is 6.11. The van der Waals surface area contributed by atoms with E-state index in [1.165, 1.54) is 11.1 Å². The first-order valence-electron chi connectivity index (χ1n) is 6.11. The maximum atomic E-state index is 11.6. The van der Waals surface area contributed by atoms with Crippen LogP contribution in [0.2, 0.25) is 0 Å². The fourth-order valence-electron chi connectivity index (χ4n) is 2.10. The van der Waals surface area contributed by atoms with Crippen molar-refractivity contribution in [3.05, 3.63) is 35.4 Å². The fraction of sp³-hybridized carbons (Fsp3) is 0.533. The van der Waals surface area contributed by atoms with Gasteiger partial charge in [-0.2, -0.15) is 0 Å². The molecule has 0 spiro atoms. The number of nitrogens with one attached hydrogen (secondary N) is 1. The minimum absolute atomic E-state index is 0.0836. The van der Waals surface area contributed by atoms with Crippen molar-refractivity contribution in [3.63, 3.8) is 0 Å². The van der Waals surface area contributed by atoms with Gasteiger partial charge in [-0.25, -0.2) is 0 Å². The summed E-state index contributed by atoms with van der Waals surface area (Å²) in [6.07, 6.45) is 0.545. The molecular weight excluding hydrogens is 210 g/mol. The van der Waals surface area contributed by atoms with Crippen LogP contribution in [0.5, 0.6) is 0 Å². The van der Waals surface area contributed by atoms with E-state index in [2.05, 4.69) is 57.3 Å². The van der Waals surface area contributed by atoms with Crippen molar-refractivity contribution >= 4 is 5.91 Å². The number of aryl methyl sites for hydroxylation is 1. The van der Waals surface area contributed by atoms with Crippen LogP contribution in [0.1, 0.15) is 44.2 Å². The second-order valence-corrected chi connectivity index (χ2v) is 5.71.